The van der Waals surface area contributed by atoms with E-state index < -0.39 is 23.7 Å². The van der Waals surface area contributed by atoms with E-state index in [2.05, 4.69) is 9.72 Å². The van der Waals surface area contributed by atoms with E-state index >= 15 is 0 Å². The van der Waals surface area contributed by atoms with E-state index in [1.165, 1.54) is 6.92 Å². The van der Waals surface area contributed by atoms with Gasteiger partial charge in [0.05, 0.1) is 13.2 Å². The van der Waals surface area contributed by atoms with Crippen molar-refractivity contribution in [3.05, 3.63) is 23.4 Å². The molecule has 6 heteroatoms. The average molecular weight is 221 g/mol. The molecule has 84 valence electrons. The van der Waals surface area contributed by atoms with E-state index in [-0.39, 0.29) is 5.56 Å². The molecule has 0 aliphatic rings. The molecule has 0 aliphatic carbocycles. The number of halogens is 3. The van der Waals surface area contributed by atoms with Crippen molar-refractivity contribution in [2.45, 2.75) is 19.2 Å². The Hall–Kier alpha value is -1.30. The van der Waals surface area contributed by atoms with Crippen molar-refractivity contribution < 1.29 is 23.0 Å². The van der Waals surface area contributed by atoms with Crippen molar-refractivity contribution in [1.29, 1.82) is 0 Å². The van der Waals surface area contributed by atoms with Gasteiger partial charge in [-0.15, -0.1) is 0 Å². The first-order valence-corrected chi connectivity index (χ1v) is 4.15. The maximum absolute atomic E-state index is 12.5. The second kappa shape index (κ2) is 4.06. The predicted molar refractivity (Wildman–Crippen MR) is 46.4 cm³/mol. The molecule has 1 heterocycles. The first-order chi connectivity index (χ1) is 6.86. The largest absolute Gasteiger partial charge is 0.481 e. The molecule has 0 fully saturated rings. The van der Waals surface area contributed by atoms with Gasteiger partial charge in [0.15, 0.2) is 0 Å². The number of nitrogens with zero attached hydrogens (tertiary/aromatic N) is 1. The van der Waals surface area contributed by atoms with Gasteiger partial charge in [-0.2, -0.15) is 13.2 Å². The van der Waals surface area contributed by atoms with Gasteiger partial charge in [0, 0.05) is 6.20 Å². The van der Waals surface area contributed by atoms with Crippen LogP contribution in [0.3, 0.4) is 0 Å². The van der Waals surface area contributed by atoms with Gasteiger partial charge in [-0.25, -0.2) is 4.98 Å². The fraction of sp³-hybridized carbons (Fsp3) is 0.444. The second-order valence-corrected chi connectivity index (χ2v) is 3.00. The van der Waals surface area contributed by atoms with E-state index in [4.69, 9.17) is 5.11 Å². The number of aromatic nitrogens is 1. The quantitative estimate of drug-likeness (QED) is 0.832. The topological polar surface area (TPSA) is 42.4 Å². The lowest BCUT2D eigenvalue weighted by molar-refractivity contribution is -0.139. The number of aliphatic hydroxyl groups excluding tert-OH is 1. The zero-order valence-corrected chi connectivity index (χ0v) is 8.17. The van der Waals surface area contributed by atoms with Crippen LogP contribution in [0.2, 0.25) is 0 Å². The number of ether oxygens (including phenoxy) is 1. The third-order valence-electron chi connectivity index (χ3n) is 1.85. The molecular weight excluding hydrogens is 211 g/mol. The van der Waals surface area contributed by atoms with Crippen LogP contribution in [-0.4, -0.2) is 17.2 Å². The Kier molecular flexibility index (Phi) is 3.18. The fourth-order valence-corrected chi connectivity index (χ4v) is 1.06. The zero-order chi connectivity index (χ0) is 11.6. The Morgan fingerprint density at radius 3 is 2.47 bits per heavy atom. The van der Waals surface area contributed by atoms with E-state index in [9.17, 15) is 13.2 Å². The first-order valence-electron chi connectivity index (χ1n) is 4.15. The number of aliphatic hydroxyl groups is 1. The minimum atomic E-state index is -4.54. The van der Waals surface area contributed by atoms with Gasteiger partial charge in [-0.05, 0) is 18.6 Å². The van der Waals surface area contributed by atoms with Crippen LogP contribution in [0, 0.1) is 0 Å². The summed E-state index contributed by atoms with van der Waals surface area (Å²) in [5.41, 5.74) is -0.883. The molecule has 1 rings (SSSR count). The molecule has 0 spiro atoms. The SMILES string of the molecule is COc1ncc([C@H](C)O)cc1C(F)(F)F. The van der Waals surface area contributed by atoms with Crippen LogP contribution < -0.4 is 4.74 Å². The Morgan fingerprint density at radius 2 is 2.07 bits per heavy atom. The molecule has 3 nitrogen and oxygen atoms in total. The Morgan fingerprint density at radius 1 is 1.47 bits per heavy atom. The van der Waals surface area contributed by atoms with Gasteiger partial charge < -0.3 is 9.84 Å². The maximum atomic E-state index is 12.5. The molecule has 0 aliphatic heterocycles. The van der Waals surface area contributed by atoms with Crippen molar-refractivity contribution in [3.63, 3.8) is 0 Å². The second-order valence-electron chi connectivity index (χ2n) is 3.00. The van der Waals surface area contributed by atoms with Gasteiger partial charge in [0.25, 0.3) is 0 Å². The Bertz CT molecular complexity index is 350. The summed E-state index contributed by atoms with van der Waals surface area (Å²) in [5, 5.41) is 9.13. The molecule has 0 radical (unpaired) electrons. The van der Waals surface area contributed by atoms with E-state index in [0.717, 1.165) is 19.4 Å². The van der Waals surface area contributed by atoms with Gasteiger partial charge in [0.1, 0.15) is 5.56 Å². The first kappa shape index (κ1) is 11.8. The fourth-order valence-electron chi connectivity index (χ4n) is 1.06. The lowest BCUT2D eigenvalue weighted by atomic mass is 10.1. The molecule has 0 amide bonds. The molecule has 1 aromatic heterocycles. The highest BCUT2D eigenvalue weighted by Gasteiger charge is 2.35. The van der Waals surface area contributed by atoms with Crippen LogP contribution in [0.15, 0.2) is 12.3 Å². The summed E-state index contributed by atoms with van der Waals surface area (Å²) in [4.78, 5) is 3.48. The van der Waals surface area contributed by atoms with E-state index in [1.807, 2.05) is 0 Å². The number of methoxy groups -OCH3 is 1. The third-order valence-corrected chi connectivity index (χ3v) is 1.85. The highest BCUT2D eigenvalue weighted by Crippen LogP contribution is 2.36. The summed E-state index contributed by atoms with van der Waals surface area (Å²) in [6.45, 7) is 1.36. The normalized spacial score (nSPS) is 13.7. The molecule has 0 saturated heterocycles. The highest BCUT2D eigenvalue weighted by molar-refractivity contribution is 5.33. The highest BCUT2D eigenvalue weighted by atomic mass is 19.4. The molecular formula is C9H10F3NO2. The van der Waals surface area contributed by atoms with Crippen LogP contribution >= 0.6 is 0 Å². The Balaban J connectivity index is 3.26. The number of alkyl halides is 3. The van der Waals surface area contributed by atoms with Crippen molar-refractivity contribution >= 4 is 0 Å². The standard InChI is InChI=1S/C9H10F3NO2/c1-5(14)6-3-7(9(10,11)12)8(15-2)13-4-6/h3-5,14H,1-2H3/t5-/m0/s1. The summed E-state index contributed by atoms with van der Waals surface area (Å²) in [6, 6.07) is 0.830. The van der Waals surface area contributed by atoms with Crippen LogP contribution in [0.5, 0.6) is 5.88 Å². The lowest BCUT2D eigenvalue weighted by Crippen LogP contribution is -2.10. The summed E-state index contributed by atoms with van der Waals surface area (Å²) in [7, 11) is 1.11. The zero-order valence-electron chi connectivity index (χ0n) is 8.17. The number of pyridine rings is 1. The van der Waals surface area contributed by atoms with Crippen molar-refractivity contribution in [2.24, 2.45) is 0 Å². The molecule has 0 aromatic carbocycles. The van der Waals surface area contributed by atoms with Gasteiger partial charge in [-0.1, -0.05) is 0 Å². The number of rotatable bonds is 2. The third kappa shape index (κ3) is 2.59. The molecule has 15 heavy (non-hydrogen) atoms. The summed E-state index contributed by atoms with van der Waals surface area (Å²) in [6.07, 6.45) is -4.38. The summed E-state index contributed by atoms with van der Waals surface area (Å²) >= 11 is 0. The Labute approximate surface area is 84.5 Å². The maximum Gasteiger partial charge on any atom is 0.421 e. The molecule has 0 saturated carbocycles. The smallest absolute Gasteiger partial charge is 0.421 e. The van der Waals surface area contributed by atoms with Crippen molar-refractivity contribution in [1.82, 2.24) is 4.98 Å². The molecule has 0 unspecified atom stereocenters. The molecule has 1 aromatic rings. The summed E-state index contributed by atoms with van der Waals surface area (Å²) in [5.74, 6) is -0.494. The van der Waals surface area contributed by atoms with E-state index in [1.54, 1.807) is 0 Å². The molecule has 0 bridgehead atoms. The number of hydrogen-bond donors (Lipinski definition) is 1. The minimum Gasteiger partial charge on any atom is -0.481 e. The monoisotopic (exact) mass is 221 g/mol. The predicted octanol–water partition coefficient (Wildman–Crippen LogP) is 2.16. The minimum absolute atomic E-state index is 0.100. The van der Waals surface area contributed by atoms with E-state index in [0.29, 0.717) is 0 Å². The molecule has 1 atom stereocenters. The van der Waals surface area contributed by atoms with Crippen LogP contribution in [0.1, 0.15) is 24.2 Å². The average Bonchev–Trinajstić information content (AvgIpc) is 2.15. The van der Waals surface area contributed by atoms with Crippen LogP contribution in [-0.2, 0) is 6.18 Å². The van der Waals surface area contributed by atoms with Gasteiger partial charge >= 0.3 is 6.18 Å². The van der Waals surface area contributed by atoms with Crippen LogP contribution in [0.4, 0.5) is 13.2 Å². The number of hydrogen-bond acceptors (Lipinski definition) is 3. The van der Waals surface area contributed by atoms with Crippen molar-refractivity contribution in [2.75, 3.05) is 7.11 Å². The molecule has 1 N–H and O–H groups in total. The summed E-state index contributed by atoms with van der Waals surface area (Å²) < 4.78 is 41.9. The van der Waals surface area contributed by atoms with Crippen molar-refractivity contribution in [3.8, 4) is 5.88 Å². The van der Waals surface area contributed by atoms with Gasteiger partial charge in [0.2, 0.25) is 5.88 Å². The lowest BCUT2D eigenvalue weighted by Gasteiger charge is -2.13. The van der Waals surface area contributed by atoms with Crippen LogP contribution in [0.25, 0.3) is 0 Å². The van der Waals surface area contributed by atoms with Gasteiger partial charge in [-0.3, -0.25) is 0 Å².